The number of carbonyl (C=O) groups excluding carboxylic acids is 3. The molecule has 0 bridgehead atoms. The molecule has 1 heterocycles. The van der Waals surface area contributed by atoms with Crippen molar-refractivity contribution in [3.63, 3.8) is 0 Å². The van der Waals surface area contributed by atoms with Crippen LogP contribution in [0.1, 0.15) is 31.0 Å². The van der Waals surface area contributed by atoms with Gasteiger partial charge < -0.3 is 29.6 Å². The van der Waals surface area contributed by atoms with Crippen LogP contribution in [0, 0.1) is 3.57 Å². The van der Waals surface area contributed by atoms with Crippen LogP contribution in [0.2, 0.25) is 0 Å². The molecule has 0 unspecified atom stereocenters. The van der Waals surface area contributed by atoms with E-state index in [0.717, 1.165) is 8.04 Å². The van der Waals surface area contributed by atoms with E-state index in [0.29, 0.717) is 34.9 Å². The molecule has 0 aromatic heterocycles. The Morgan fingerprint density at radius 3 is 2.70 bits per heavy atom. The smallest absolute Gasteiger partial charge is 0.338 e. The van der Waals surface area contributed by atoms with Gasteiger partial charge in [0.25, 0.3) is 5.91 Å². The lowest BCUT2D eigenvalue weighted by molar-refractivity contribution is -0.139. The molecule has 3 amide bonds. The summed E-state index contributed by atoms with van der Waals surface area (Å²) in [5.74, 6) is 0.144. The van der Waals surface area contributed by atoms with Crippen LogP contribution >= 0.6 is 38.5 Å². The van der Waals surface area contributed by atoms with E-state index in [1.807, 2.05) is 12.1 Å². The van der Waals surface area contributed by atoms with Crippen molar-refractivity contribution in [2.45, 2.75) is 19.9 Å². The van der Waals surface area contributed by atoms with Gasteiger partial charge in [0.2, 0.25) is 0 Å². The van der Waals surface area contributed by atoms with Crippen LogP contribution < -0.4 is 30.3 Å². The molecule has 1 atom stereocenters. The lowest BCUT2D eigenvalue weighted by Gasteiger charge is -2.28. The van der Waals surface area contributed by atoms with Gasteiger partial charge in [-0.2, -0.15) is 5.10 Å². The second-order valence-corrected chi connectivity index (χ2v) is 10.3. The van der Waals surface area contributed by atoms with Crippen molar-refractivity contribution in [1.82, 2.24) is 16.1 Å². The van der Waals surface area contributed by atoms with Crippen molar-refractivity contribution in [1.29, 1.82) is 0 Å². The molecule has 0 saturated heterocycles. The van der Waals surface area contributed by atoms with Gasteiger partial charge >= 0.3 is 12.0 Å². The average Bonchev–Trinajstić information content (AvgIpc) is 2.91. The number of ether oxygens (including phenoxy) is 4. The number of methoxy groups -OCH3 is 1. The van der Waals surface area contributed by atoms with Crippen LogP contribution in [-0.2, 0) is 14.3 Å². The topological polar surface area (TPSA) is 137 Å². The summed E-state index contributed by atoms with van der Waals surface area (Å²) in [6.45, 7) is 7.14. The molecular weight excluding hydrogens is 699 g/mol. The Morgan fingerprint density at radius 2 is 2.00 bits per heavy atom. The number of nitrogens with one attached hydrogen (secondary N) is 3. The number of urea groups is 1. The number of benzene rings is 2. The van der Waals surface area contributed by atoms with Gasteiger partial charge in [-0.25, -0.2) is 15.0 Å². The number of hydrogen-bond acceptors (Lipinski definition) is 8. The van der Waals surface area contributed by atoms with Gasteiger partial charge in [-0.3, -0.25) is 4.79 Å². The van der Waals surface area contributed by atoms with E-state index in [2.05, 4.69) is 66.3 Å². The third-order valence-corrected chi connectivity index (χ3v) is 6.68. The first kappa shape index (κ1) is 30.9. The van der Waals surface area contributed by atoms with E-state index < -0.39 is 23.9 Å². The van der Waals surface area contributed by atoms with Crippen LogP contribution in [0.5, 0.6) is 17.2 Å². The Labute approximate surface area is 253 Å². The van der Waals surface area contributed by atoms with Crippen LogP contribution in [0.25, 0.3) is 0 Å². The maximum absolute atomic E-state index is 12.6. The molecule has 0 spiro atoms. The van der Waals surface area contributed by atoms with Gasteiger partial charge in [-0.15, -0.1) is 0 Å². The van der Waals surface area contributed by atoms with E-state index in [9.17, 15) is 14.4 Å². The van der Waals surface area contributed by atoms with E-state index in [-0.39, 0.29) is 24.5 Å². The molecule has 3 N–H and O–H groups in total. The first-order valence-electron chi connectivity index (χ1n) is 12.0. The standard InChI is InChI=1S/C27H28BrIN4O7/c1-5-9-39-25-17(10-18(28)12-19(25)29)13-30-33-22(34)14-40-20-8-7-16(11-21(20)37-4)24-23(26(35)38-6-2)15(3)31-27(36)32-24/h5,7-8,10-13,24H,1,6,9,14H2,2-4H3,(H,33,34)(H2,31,32,36)/b30-13+/t24-/m1/s1. The molecule has 2 aromatic carbocycles. The molecule has 0 aliphatic carbocycles. The van der Waals surface area contributed by atoms with Gasteiger partial charge in [0, 0.05) is 15.7 Å². The third-order valence-electron chi connectivity index (χ3n) is 5.42. The number of esters is 1. The van der Waals surface area contributed by atoms with E-state index >= 15 is 0 Å². The fourth-order valence-corrected chi connectivity index (χ4v) is 5.43. The van der Waals surface area contributed by atoms with Crippen LogP contribution in [0.4, 0.5) is 4.79 Å². The Kier molecular flexibility index (Phi) is 11.4. The van der Waals surface area contributed by atoms with Gasteiger partial charge in [0.05, 0.1) is 35.1 Å². The zero-order chi connectivity index (χ0) is 29.2. The molecule has 1 aliphatic heterocycles. The molecule has 0 saturated carbocycles. The summed E-state index contributed by atoms with van der Waals surface area (Å²) in [5.41, 5.74) is 4.31. The van der Waals surface area contributed by atoms with E-state index in [4.69, 9.17) is 18.9 Å². The van der Waals surface area contributed by atoms with Gasteiger partial charge in [-0.1, -0.05) is 34.7 Å². The Hall–Kier alpha value is -3.59. The van der Waals surface area contributed by atoms with Crippen molar-refractivity contribution in [2.75, 3.05) is 26.9 Å². The molecule has 0 fully saturated rings. The second kappa shape index (κ2) is 14.7. The van der Waals surface area contributed by atoms with Crippen molar-refractivity contribution < 1.29 is 33.3 Å². The zero-order valence-electron chi connectivity index (χ0n) is 22.0. The summed E-state index contributed by atoms with van der Waals surface area (Å²) in [6, 6.07) is 7.36. The molecule has 13 heteroatoms. The minimum Gasteiger partial charge on any atom is -0.493 e. The Balaban J connectivity index is 1.70. The highest BCUT2D eigenvalue weighted by Crippen LogP contribution is 2.34. The Morgan fingerprint density at radius 1 is 1.23 bits per heavy atom. The van der Waals surface area contributed by atoms with E-state index in [1.165, 1.54) is 13.3 Å². The molecule has 2 aromatic rings. The number of nitrogens with zero attached hydrogens (tertiary/aromatic N) is 1. The fourth-order valence-electron chi connectivity index (χ4n) is 3.73. The lowest BCUT2D eigenvalue weighted by Crippen LogP contribution is -2.45. The molecule has 1 aliphatic rings. The molecule has 40 heavy (non-hydrogen) atoms. The first-order valence-corrected chi connectivity index (χ1v) is 13.9. The minimum absolute atomic E-state index is 0.185. The largest absolute Gasteiger partial charge is 0.493 e. The highest BCUT2D eigenvalue weighted by atomic mass is 127. The molecule has 0 radical (unpaired) electrons. The summed E-state index contributed by atoms with van der Waals surface area (Å²) in [4.78, 5) is 37.1. The summed E-state index contributed by atoms with van der Waals surface area (Å²) in [5, 5.41) is 9.33. The van der Waals surface area contributed by atoms with Gasteiger partial charge in [0.15, 0.2) is 18.1 Å². The maximum Gasteiger partial charge on any atom is 0.338 e. The summed E-state index contributed by atoms with van der Waals surface area (Å²) in [7, 11) is 1.44. The SMILES string of the molecule is C=CCOc1c(I)cc(Br)cc1/C=N/NC(=O)COc1ccc([C@H]2NC(=O)NC(C)=C2C(=O)OCC)cc1OC. The summed E-state index contributed by atoms with van der Waals surface area (Å²) in [6.07, 6.45) is 3.11. The number of allylic oxidation sites excluding steroid dienone is 1. The van der Waals surface area contributed by atoms with Crippen molar-refractivity contribution in [3.8, 4) is 17.2 Å². The fraction of sp³-hybridized carbons (Fsp3) is 0.259. The van der Waals surface area contributed by atoms with Crippen LogP contribution in [-0.4, -0.2) is 51.1 Å². The number of halogens is 2. The third kappa shape index (κ3) is 7.97. The Bertz CT molecular complexity index is 1360. The molecule has 212 valence electrons. The molecular formula is C27H28BrIN4O7. The highest BCUT2D eigenvalue weighted by Gasteiger charge is 2.32. The highest BCUT2D eigenvalue weighted by molar-refractivity contribution is 14.1. The molecule has 11 nitrogen and oxygen atoms in total. The predicted molar refractivity (Wildman–Crippen MR) is 161 cm³/mol. The van der Waals surface area contributed by atoms with Crippen molar-refractivity contribution in [3.05, 3.63) is 73.4 Å². The maximum atomic E-state index is 12.6. The monoisotopic (exact) mass is 726 g/mol. The van der Waals surface area contributed by atoms with E-state index in [1.54, 1.807) is 38.1 Å². The number of amides is 3. The number of carbonyl (C=O) groups is 3. The molecule has 3 rings (SSSR count). The van der Waals surface area contributed by atoms with Crippen molar-refractivity contribution >= 4 is 62.6 Å². The van der Waals surface area contributed by atoms with Crippen LogP contribution in [0.15, 0.2) is 63.8 Å². The van der Waals surface area contributed by atoms with Crippen molar-refractivity contribution in [2.24, 2.45) is 5.10 Å². The second-order valence-electron chi connectivity index (χ2n) is 8.19. The number of hydrazone groups is 1. The first-order chi connectivity index (χ1) is 19.2. The van der Waals surface area contributed by atoms with Crippen LogP contribution in [0.3, 0.4) is 0 Å². The predicted octanol–water partition coefficient (Wildman–Crippen LogP) is 4.35. The lowest BCUT2D eigenvalue weighted by atomic mass is 9.95. The average molecular weight is 727 g/mol. The quantitative estimate of drug-likeness (QED) is 0.0974. The number of rotatable bonds is 12. The van der Waals surface area contributed by atoms with Gasteiger partial charge in [-0.05, 0) is 66.3 Å². The summed E-state index contributed by atoms with van der Waals surface area (Å²) < 4.78 is 23.7. The minimum atomic E-state index is -0.769. The zero-order valence-corrected chi connectivity index (χ0v) is 25.8. The number of hydrogen-bond donors (Lipinski definition) is 3. The normalized spacial score (nSPS) is 14.7. The summed E-state index contributed by atoms with van der Waals surface area (Å²) >= 11 is 5.59. The van der Waals surface area contributed by atoms with Gasteiger partial charge in [0.1, 0.15) is 12.4 Å².